The molecule has 0 amide bonds. The molecule has 0 aliphatic carbocycles. The zero-order chi connectivity index (χ0) is 27.2. The van der Waals surface area contributed by atoms with Gasteiger partial charge in [0.2, 0.25) is 0 Å². The summed E-state index contributed by atoms with van der Waals surface area (Å²) in [5, 5.41) is 33.2. The summed E-state index contributed by atoms with van der Waals surface area (Å²) < 4.78 is 0. The van der Waals surface area contributed by atoms with E-state index in [0.717, 1.165) is 44.9 Å². The fourth-order valence-corrected chi connectivity index (χ4v) is 4.25. The van der Waals surface area contributed by atoms with Gasteiger partial charge in [0.1, 0.15) is 12.4 Å². The van der Waals surface area contributed by atoms with Gasteiger partial charge in [0.15, 0.2) is 11.6 Å². The van der Waals surface area contributed by atoms with Crippen molar-refractivity contribution in [2.75, 3.05) is 6.61 Å². The van der Waals surface area contributed by atoms with Crippen molar-refractivity contribution in [3.8, 4) is 0 Å². The van der Waals surface area contributed by atoms with Crippen molar-refractivity contribution in [2.24, 2.45) is 5.92 Å². The Balaban J connectivity index is 3.76. The number of unbranched alkanes of at least 4 members (excludes halogenated alkanes) is 13. The van der Waals surface area contributed by atoms with E-state index in [9.17, 15) is 19.2 Å². The first-order chi connectivity index (χ1) is 17.2. The SMILES string of the molecule is CC(=N)C(=O)CC[C@H](C(=N)CC(=O)CCCCCCCCCCCCCCCCC(=O)O)C(=O)CO. The Morgan fingerprint density at radius 1 is 0.667 bits per heavy atom. The number of nitrogens with one attached hydrogen (secondary N) is 2. The van der Waals surface area contributed by atoms with Crippen LogP contribution in [0.25, 0.3) is 0 Å². The lowest BCUT2D eigenvalue weighted by molar-refractivity contribution is -0.137. The normalized spacial score (nSPS) is 11.7. The maximum atomic E-state index is 12.2. The summed E-state index contributed by atoms with van der Waals surface area (Å²) in [4.78, 5) is 46.3. The molecular formula is C28H48N2O6. The Bertz CT molecular complexity index is 704. The van der Waals surface area contributed by atoms with E-state index in [1.807, 2.05) is 0 Å². The van der Waals surface area contributed by atoms with Crippen LogP contribution >= 0.6 is 0 Å². The highest BCUT2D eigenvalue weighted by atomic mass is 16.4. The van der Waals surface area contributed by atoms with E-state index < -0.39 is 30.1 Å². The molecule has 0 heterocycles. The third-order valence-corrected chi connectivity index (χ3v) is 6.53. The lowest BCUT2D eigenvalue weighted by Gasteiger charge is -2.15. The van der Waals surface area contributed by atoms with E-state index in [1.165, 1.54) is 51.9 Å². The average Bonchev–Trinajstić information content (AvgIpc) is 2.83. The van der Waals surface area contributed by atoms with Crippen molar-refractivity contribution < 1.29 is 29.4 Å². The molecule has 0 radical (unpaired) electrons. The first-order valence-electron chi connectivity index (χ1n) is 13.7. The molecule has 0 unspecified atom stereocenters. The third kappa shape index (κ3) is 19.0. The Hall–Kier alpha value is -2.22. The maximum absolute atomic E-state index is 12.2. The van der Waals surface area contributed by atoms with Crippen LogP contribution in [0.2, 0.25) is 0 Å². The predicted molar refractivity (Wildman–Crippen MR) is 142 cm³/mol. The molecular weight excluding hydrogens is 460 g/mol. The quantitative estimate of drug-likeness (QED) is 0.0846. The minimum atomic E-state index is -0.939. The molecule has 0 rings (SSSR count). The van der Waals surface area contributed by atoms with E-state index in [4.69, 9.17) is 21.0 Å². The molecule has 0 aliphatic rings. The van der Waals surface area contributed by atoms with Crippen molar-refractivity contribution in [2.45, 2.75) is 129 Å². The average molecular weight is 509 g/mol. The number of ketones is 3. The minimum Gasteiger partial charge on any atom is -0.481 e. The van der Waals surface area contributed by atoms with Crippen LogP contribution in [0.1, 0.15) is 129 Å². The monoisotopic (exact) mass is 508 g/mol. The Morgan fingerprint density at radius 2 is 1.08 bits per heavy atom. The van der Waals surface area contributed by atoms with Gasteiger partial charge in [-0.05, 0) is 26.2 Å². The number of hydrogen-bond acceptors (Lipinski definition) is 7. The van der Waals surface area contributed by atoms with Crippen LogP contribution < -0.4 is 0 Å². The molecule has 8 heteroatoms. The Labute approximate surface area is 216 Å². The van der Waals surface area contributed by atoms with Gasteiger partial charge in [-0.15, -0.1) is 0 Å². The Morgan fingerprint density at radius 3 is 1.47 bits per heavy atom. The zero-order valence-corrected chi connectivity index (χ0v) is 22.2. The highest BCUT2D eigenvalue weighted by molar-refractivity contribution is 6.37. The standard InChI is InChI=1S/C28H48N2O6/c1-22(29)26(33)19-18-24(27(34)21-31)25(30)20-23(32)16-14-12-10-8-6-4-2-3-5-7-9-11-13-15-17-28(35)36/h24,29-31H,2-21H2,1H3,(H,35,36)/t24-/m1/s1. The van der Waals surface area contributed by atoms with E-state index in [2.05, 4.69) is 0 Å². The molecule has 36 heavy (non-hydrogen) atoms. The van der Waals surface area contributed by atoms with Gasteiger partial charge >= 0.3 is 5.97 Å². The molecule has 0 bridgehead atoms. The number of aliphatic carboxylic acids is 1. The summed E-state index contributed by atoms with van der Waals surface area (Å²) in [5.74, 6) is -2.69. The smallest absolute Gasteiger partial charge is 0.303 e. The van der Waals surface area contributed by atoms with Crippen molar-refractivity contribution in [3.05, 3.63) is 0 Å². The topological polar surface area (TPSA) is 156 Å². The number of hydrogen-bond donors (Lipinski definition) is 4. The molecule has 8 nitrogen and oxygen atoms in total. The van der Waals surface area contributed by atoms with Crippen LogP contribution in [0, 0.1) is 16.7 Å². The largest absolute Gasteiger partial charge is 0.481 e. The molecule has 0 aromatic carbocycles. The second kappa shape index (κ2) is 22.0. The van der Waals surface area contributed by atoms with Crippen LogP contribution in [0.5, 0.6) is 0 Å². The summed E-state index contributed by atoms with van der Waals surface area (Å²) in [6, 6.07) is 0. The molecule has 0 aromatic heterocycles. The van der Waals surface area contributed by atoms with Crippen LogP contribution in [0.4, 0.5) is 0 Å². The third-order valence-electron chi connectivity index (χ3n) is 6.53. The Kier molecular flexibility index (Phi) is 20.7. The molecule has 0 saturated heterocycles. The van der Waals surface area contributed by atoms with E-state index in [0.29, 0.717) is 6.42 Å². The summed E-state index contributed by atoms with van der Waals surface area (Å²) in [6.45, 7) is 0.647. The molecule has 0 aromatic rings. The fourth-order valence-electron chi connectivity index (χ4n) is 4.25. The molecule has 1 atom stereocenters. The van der Waals surface area contributed by atoms with Crippen LogP contribution in [-0.4, -0.2) is 51.6 Å². The first kappa shape index (κ1) is 33.8. The fraction of sp³-hybridized carbons (Fsp3) is 0.786. The second-order valence-electron chi connectivity index (χ2n) is 9.85. The van der Waals surface area contributed by atoms with E-state index >= 15 is 0 Å². The van der Waals surface area contributed by atoms with Crippen molar-refractivity contribution in [1.82, 2.24) is 0 Å². The van der Waals surface area contributed by atoms with Gasteiger partial charge in [-0.1, -0.05) is 77.0 Å². The maximum Gasteiger partial charge on any atom is 0.303 e. The van der Waals surface area contributed by atoms with Crippen molar-refractivity contribution >= 4 is 34.7 Å². The second-order valence-corrected chi connectivity index (χ2v) is 9.85. The molecule has 0 saturated carbocycles. The number of Topliss-reactive ketones (excluding diaryl/α,β-unsaturated/α-hetero) is 3. The molecule has 0 spiro atoms. The van der Waals surface area contributed by atoms with Gasteiger partial charge in [0.25, 0.3) is 0 Å². The lowest BCUT2D eigenvalue weighted by atomic mass is 9.88. The van der Waals surface area contributed by atoms with Crippen LogP contribution in [0.3, 0.4) is 0 Å². The number of carboxylic acid groups (broad SMARTS) is 1. The van der Waals surface area contributed by atoms with Crippen LogP contribution in [0.15, 0.2) is 0 Å². The summed E-state index contributed by atoms with van der Waals surface area (Å²) in [5.41, 5.74) is -0.154. The highest BCUT2D eigenvalue weighted by Gasteiger charge is 2.25. The number of carbonyl (C=O) groups is 4. The summed E-state index contributed by atoms with van der Waals surface area (Å²) in [7, 11) is 0. The van der Waals surface area contributed by atoms with Gasteiger partial charge in [-0.25, -0.2) is 0 Å². The minimum absolute atomic E-state index is 0.0432. The number of carbonyl (C=O) groups excluding carboxylic acids is 3. The molecule has 0 aliphatic heterocycles. The molecule has 4 N–H and O–H groups in total. The van der Waals surface area contributed by atoms with E-state index in [1.54, 1.807) is 0 Å². The van der Waals surface area contributed by atoms with Gasteiger partial charge in [-0.2, -0.15) is 0 Å². The van der Waals surface area contributed by atoms with Gasteiger partial charge < -0.3 is 21.0 Å². The molecule has 0 fully saturated rings. The predicted octanol–water partition coefficient (Wildman–Crippen LogP) is 5.86. The lowest BCUT2D eigenvalue weighted by Crippen LogP contribution is -2.29. The zero-order valence-electron chi connectivity index (χ0n) is 22.2. The summed E-state index contributed by atoms with van der Waals surface area (Å²) >= 11 is 0. The van der Waals surface area contributed by atoms with Crippen molar-refractivity contribution in [3.63, 3.8) is 0 Å². The first-order valence-corrected chi connectivity index (χ1v) is 13.7. The number of carboxylic acids is 1. The molecule has 206 valence electrons. The summed E-state index contributed by atoms with van der Waals surface area (Å²) in [6.07, 6.45) is 16.0. The number of rotatable bonds is 26. The van der Waals surface area contributed by atoms with Gasteiger partial charge in [0, 0.05) is 31.4 Å². The highest BCUT2D eigenvalue weighted by Crippen LogP contribution is 2.16. The van der Waals surface area contributed by atoms with Gasteiger partial charge in [0.05, 0.1) is 11.6 Å². The van der Waals surface area contributed by atoms with Crippen molar-refractivity contribution in [1.29, 1.82) is 10.8 Å². The van der Waals surface area contributed by atoms with Gasteiger partial charge in [-0.3, -0.25) is 19.2 Å². The van der Waals surface area contributed by atoms with Crippen LogP contribution in [-0.2, 0) is 19.2 Å². The number of aliphatic hydroxyl groups excluding tert-OH is 1. The number of aliphatic hydroxyl groups is 1. The van der Waals surface area contributed by atoms with E-state index in [-0.39, 0.29) is 42.9 Å².